The standard InChI is InChI=1S/C13H14ClN3O2.C3H6/c1-12(18,6-17-9-15-8-16-17)13(7-19-13)10-2-4-11(14)5-3-10;1-2-3-1/h2-5,8-9,18H,6-7H2,1H3;1-3H2. The Balaban J connectivity index is 0.000000429. The number of rotatable bonds is 4. The first-order valence-corrected chi connectivity index (χ1v) is 7.86. The van der Waals surface area contributed by atoms with Crippen LogP contribution in [-0.4, -0.2) is 32.1 Å². The molecule has 2 unspecified atom stereocenters. The van der Waals surface area contributed by atoms with Gasteiger partial charge in [0, 0.05) is 5.02 Å². The molecule has 2 aromatic rings. The van der Waals surface area contributed by atoms with E-state index in [4.69, 9.17) is 16.3 Å². The van der Waals surface area contributed by atoms with Gasteiger partial charge in [-0.25, -0.2) is 9.67 Å². The van der Waals surface area contributed by atoms with Crippen LogP contribution in [0.4, 0.5) is 0 Å². The number of epoxide rings is 1. The fourth-order valence-electron chi connectivity index (χ4n) is 2.34. The van der Waals surface area contributed by atoms with Crippen LogP contribution in [-0.2, 0) is 16.9 Å². The van der Waals surface area contributed by atoms with Gasteiger partial charge in [0.15, 0.2) is 0 Å². The number of ether oxygens (including phenoxy) is 1. The van der Waals surface area contributed by atoms with Crippen molar-refractivity contribution in [1.82, 2.24) is 14.8 Å². The van der Waals surface area contributed by atoms with Gasteiger partial charge in [0.1, 0.15) is 23.9 Å². The van der Waals surface area contributed by atoms with Crippen molar-refractivity contribution in [3.8, 4) is 0 Å². The summed E-state index contributed by atoms with van der Waals surface area (Å²) in [5, 5.41) is 15.4. The molecule has 2 atom stereocenters. The van der Waals surface area contributed by atoms with Gasteiger partial charge < -0.3 is 9.84 Å². The largest absolute Gasteiger partial charge is 0.385 e. The van der Waals surface area contributed by atoms with E-state index in [-0.39, 0.29) is 0 Å². The molecule has 1 aliphatic heterocycles. The van der Waals surface area contributed by atoms with Gasteiger partial charge in [-0.15, -0.1) is 0 Å². The molecule has 2 fully saturated rings. The molecular weight excluding hydrogens is 302 g/mol. The summed E-state index contributed by atoms with van der Waals surface area (Å²) in [5.41, 5.74) is -0.847. The molecule has 6 heteroatoms. The van der Waals surface area contributed by atoms with Crippen molar-refractivity contribution < 1.29 is 9.84 Å². The van der Waals surface area contributed by atoms with Crippen molar-refractivity contribution in [3.63, 3.8) is 0 Å². The molecule has 2 heterocycles. The van der Waals surface area contributed by atoms with E-state index in [2.05, 4.69) is 10.1 Å². The van der Waals surface area contributed by atoms with Crippen molar-refractivity contribution >= 4 is 11.6 Å². The molecule has 22 heavy (non-hydrogen) atoms. The lowest BCUT2D eigenvalue weighted by Crippen LogP contribution is -2.44. The summed E-state index contributed by atoms with van der Waals surface area (Å²) in [6.45, 7) is 2.54. The Morgan fingerprint density at radius 2 is 1.95 bits per heavy atom. The number of halogens is 1. The van der Waals surface area contributed by atoms with Crippen molar-refractivity contribution in [3.05, 3.63) is 47.5 Å². The van der Waals surface area contributed by atoms with Crippen LogP contribution in [0.2, 0.25) is 5.02 Å². The molecule has 1 aliphatic carbocycles. The predicted octanol–water partition coefficient (Wildman–Crippen LogP) is 2.78. The summed E-state index contributed by atoms with van der Waals surface area (Å²) >= 11 is 5.89. The van der Waals surface area contributed by atoms with Gasteiger partial charge >= 0.3 is 0 Å². The molecule has 0 bridgehead atoms. The lowest BCUT2D eigenvalue weighted by molar-refractivity contribution is -0.0411. The van der Waals surface area contributed by atoms with E-state index in [9.17, 15) is 5.11 Å². The van der Waals surface area contributed by atoms with E-state index in [1.807, 2.05) is 12.1 Å². The van der Waals surface area contributed by atoms with Gasteiger partial charge in [-0.2, -0.15) is 5.10 Å². The van der Waals surface area contributed by atoms with Gasteiger partial charge in [-0.05, 0) is 24.6 Å². The summed E-state index contributed by atoms with van der Waals surface area (Å²) in [4.78, 5) is 3.88. The maximum absolute atomic E-state index is 10.8. The third-order valence-corrected chi connectivity index (χ3v) is 4.16. The molecule has 1 aromatic carbocycles. The lowest BCUT2D eigenvalue weighted by Gasteiger charge is -2.30. The summed E-state index contributed by atoms with van der Waals surface area (Å²) in [6, 6.07) is 7.36. The number of hydrogen-bond donors (Lipinski definition) is 1. The average molecular weight is 322 g/mol. The zero-order valence-electron chi connectivity index (χ0n) is 12.6. The van der Waals surface area contributed by atoms with Crippen molar-refractivity contribution in [1.29, 1.82) is 0 Å². The summed E-state index contributed by atoms with van der Waals surface area (Å²) in [7, 11) is 0. The molecule has 0 spiro atoms. The minimum atomic E-state index is -1.07. The number of hydrogen-bond acceptors (Lipinski definition) is 4. The van der Waals surface area contributed by atoms with Gasteiger partial charge in [-0.1, -0.05) is 43.0 Å². The van der Waals surface area contributed by atoms with Crippen LogP contribution >= 0.6 is 11.6 Å². The summed E-state index contributed by atoms with van der Waals surface area (Å²) < 4.78 is 7.18. The highest BCUT2D eigenvalue weighted by Crippen LogP contribution is 2.48. The topological polar surface area (TPSA) is 63.5 Å². The van der Waals surface area contributed by atoms with E-state index in [0.717, 1.165) is 5.56 Å². The van der Waals surface area contributed by atoms with Crippen LogP contribution in [0.15, 0.2) is 36.9 Å². The fourth-order valence-corrected chi connectivity index (χ4v) is 2.46. The minimum Gasteiger partial charge on any atom is -0.385 e. The van der Waals surface area contributed by atoms with Crippen molar-refractivity contribution in [2.45, 2.75) is 43.9 Å². The molecule has 118 valence electrons. The SMILES string of the molecule is C1CC1.CC(O)(Cn1cncn1)C1(c2ccc(Cl)cc2)CO1. The van der Waals surface area contributed by atoms with Crippen LogP contribution in [0, 0.1) is 0 Å². The Kier molecular flexibility index (Phi) is 4.21. The monoisotopic (exact) mass is 321 g/mol. The van der Waals surface area contributed by atoms with Gasteiger partial charge in [0.05, 0.1) is 13.2 Å². The van der Waals surface area contributed by atoms with Gasteiger partial charge in [-0.3, -0.25) is 0 Å². The first-order valence-electron chi connectivity index (χ1n) is 7.48. The maximum atomic E-state index is 10.8. The molecule has 4 rings (SSSR count). The van der Waals surface area contributed by atoms with Crippen molar-refractivity contribution in [2.75, 3.05) is 6.61 Å². The van der Waals surface area contributed by atoms with Crippen LogP contribution in [0.3, 0.4) is 0 Å². The van der Waals surface area contributed by atoms with Gasteiger partial charge in [0.25, 0.3) is 0 Å². The van der Waals surface area contributed by atoms with E-state index in [1.165, 1.54) is 25.6 Å². The number of benzene rings is 1. The molecule has 0 amide bonds. The molecular formula is C16H20ClN3O2. The molecule has 1 N–H and O–H groups in total. The smallest absolute Gasteiger partial charge is 0.147 e. The average Bonchev–Trinajstić information content (AvgIpc) is 3.39. The highest BCUT2D eigenvalue weighted by atomic mass is 35.5. The second kappa shape index (κ2) is 5.99. The second-order valence-electron chi connectivity index (χ2n) is 6.05. The number of aromatic nitrogens is 3. The van der Waals surface area contributed by atoms with Crippen LogP contribution < -0.4 is 0 Å². The predicted molar refractivity (Wildman–Crippen MR) is 83.6 cm³/mol. The quantitative estimate of drug-likeness (QED) is 0.880. The Labute approximate surface area is 134 Å². The fraction of sp³-hybridized carbons (Fsp3) is 0.500. The Hall–Kier alpha value is -1.43. The van der Waals surface area contributed by atoms with Crippen LogP contribution in [0.1, 0.15) is 31.7 Å². The van der Waals surface area contributed by atoms with E-state index in [0.29, 0.717) is 18.2 Å². The van der Waals surface area contributed by atoms with Gasteiger partial charge in [0.2, 0.25) is 0 Å². The van der Waals surface area contributed by atoms with Crippen LogP contribution in [0.5, 0.6) is 0 Å². The molecule has 0 radical (unpaired) electrons. The van der Waals surface area contributed by atoms with Crippen LogP contribution in [0.25, 0.3) is 0 Å². The van der Waals surface area contributed by atoms with E-state index >= 15 is 0 Å². The lowest BCUT2D eigenvalue weighted by atomic mass is 9.83. The zero-order chi connectivity index (χ0) is 15.6. The normalized spacial score (nSPS) is 24.9. The second-order valence-corrected chi connectivity index (χ2v) is 6.49. The third-order valence-electron chi connectivity index (χ3n) is 3.90. The minimum absolute atomic E-state index is 0.315. The highest BCUT2D eigenvalue weighted by Gasteiger charge is 2.60. The molecule has 1 saturated heterocycles. The Morgan fingerprint density at radius 3 is 2.41 bits per heavy atom. The molecule has 2 aliphatic rings. The Bertz CT molecular complexity index is 602. The van der Waals surface area contributed by atoms with E-state index < -0.39 is 11.2 Å². The molecule has 5 nitrogen and oxygen atoms in total. The molecule has 1 aromatic heterocycles. The first-order chi connectivity index (χ1) is 10.5. The first kappa shape index (κ1) is 15.5. The van der Waals surface area contributed by atoms with Crippen molar-refractivity contribution in [2.24, 2.45) is 0 Å². The molecule has 1 saturated carbocycles. The summed E-state index contributed by atoms with van der Waals surface area (Å²) in [5.74, 6) is 0. The number of nitrogens with zero attached hydrogens (tertiary/aromatic N) is 3. The maximum Gasteiger partial charge on any atom is 0.147 e. The number of aliphatic hydroxyl groups is 1. The van der Waals surface area contributed by atoms with E-state index in [1.54, 1.807) is 30.1 Å². The summed E-state index contributed by atoms with van der Waals surface area (Å²) in [6.07, 6.45) is 7.52. The Morgan fingerprint density at radius 1 is 1.32 bits per heavy atom. The third kappa shape index (κ3) is 3.32. The highest BCUT2D eigenvalue weighted by molar-refractivity contribution is 6.30. The zero-order valence-corrected chi connectivity index (χ0v) is 13.3.